The van der Waals surface area contributed by atoms with Crippen molar-refractivity contribution in [1.29, 1.82) is 0 Å². The molecule has 4 nitrogen and oxygen atoms in total. The molecule has 0 aromatic rings. The van der Waals surface area contributed by atoms with Crippen molar-refractivity contribution in [3.63, 3.8) is 0 Å². The highest BCUT2D eigenvalue weighted by Crippen LogP contribution is 2.11. The van der Waals surface area contributed by atoms with Crippen LogP contribution in [-0.4, -0.2) is 37.4 Å². The van der Waals surface area contributed by atoms with E-state index in [0.717, 1.165) is 6.42 Å². The second kappa shape index (κ2) is 5.32. The number of rotatable bonds is 3. The standard InChI is InChI=1S/C10H19NO3/c1-4-8-6-14-7(3)9(11-8)10(12)13-5-2/h7-9,11H,4-6H2,1-3H3/t7-,8+,9+/m0/s1. The third-order valence-electron chi connectivity index (χ3n) is 2.48. The molecule has 3 atom stereocenters. The molecule has 1 rings (SSSR count). The van der Waals surface area contributed by atoms with Gasteiger partial charge < -0.3 is 9.47 Å². The van der Waals surface area contributed by atoms with E-state index in [9.17, 15) is 4.79 Å². The summed E-state index contributed by atoms with van der Waals surface area (Å²) in [5.41, 5.74) is 0. The van der Waals surface area contributed by atoms with Gasteiger partial charge in [-0.2, -0.15) is 0 Å². The van der Waals surface area contributed by atoms with E-state index < -0.39 is 0 Å². The molecule has 1 aliphatic heterocycles. The van der Waals surface area contributed by atoms with E-state index in [1.54, 1.807) is 0 Å². The minimum absolute atomic E-state index is 0.100. The Morgan fingerprint density at radius 1 is 1.57 bits per heavy atom. The number of carbonyl (C=O) groups excluding carboxylic acids is 1. The number of hydrogen-bond acceptors (Lipinski definition) is 4. The summed E-state index contributed by atoms with van der Waals surface area (Å²) in [5, 5.41) is 3.24. The predicted octanol–water partition coefficient (Wildman–Crippen LogP) is 0.705. The molecule has 1 saturated heterocycles. The van der Waals surface area contributed by atoms with Crippen molar-refractivity contribution in [3.8, 4) is 0 Å². The van der Waals surface area contributed by atoms with Gasteiger partial charge in [-0.25, -0.2) is 0 Å². The lowest BCUT2D eigenvalue weighted by Gasteiger charge is -2.33. The van der Waals surface area contributed by atoms with E-state index in [0.29, 0.717) is 13.2 Å². The molecular weight excluding hydrogens is 182 g/mol. The van der Waals surface area contributed by atoms with Crippen molar-refractivity contribution in [2.75, 3.05) is 13.2 Å². The molecule has 1 N–H and O–H groups in total. The summed E-state index contributed by atoms with van der Waals surface area (Å²) in [6.45, 7) is 6.86. The highest BCUT2D eigenvalue weighted by molar-refractivity contribution is 5.76. The minimum atomic E-state index is -0.311. The largest absolute Gasteiger partial charge is 0.465 e. The van der Waals surface area contributed by atoms with Crippen molar-refractivity contribution in [3.05, 3.63) is 0 Å². The van der Waals surface area contributed by atoms with E-state index in [1.807, 2.05) is 13.8 Å². The van der Waals surface area contributed by atoms with Gasteiger partial charge in [0.15, 0.2) is 0 Å². The van der Waals surface area contributed by atoms with E-state index in [4.69, 9.17) is 9.47 Å². The van der Waals surface area contributed by atoms with Gasteiger partial charge in [0.2, 0.25) is 0 Å². The molecule has 82 valence electrons. The molecule has 1 heterocycles. The zero-order chi connectivity index (χ0) is 10.6. The van der Waals surface area contributed by atoms with Crippen LogP contribution in [0.5, 0.6) is 0 Å². The summed E-state index contributed by atoms with van der Waals surface area (Å²) in [7, 11) is 0. The van der Waals surface area contributed by atoms with Gasteiger partial charge in [-0.3, -0.25) is 10.1 Å². The number of carbonyl (C=O) groups is 1. The number of nitrogens with one attached hydrogen (secondary N) is 1. The third-order valence-corrected chi connectivity index (χ3v) is 2.48. The molecule has 0 unspecified atom stereocenters. The van der Waals surface area contributed by atoms with Crippen LogP contribution >= 0.6 is 0 Å². The van der Waals surface area contributed by atoms with Crippen LogP contribution in [0, 0.1) is 0 Å². The van der Waals surface area contributed by atoms with Gasteiger partial charge in [0, 0.05) is 6.04 Å². The second-order valence-electron chi connectivity index (χ2n) is 3.54. The Balaban J connectivity index is 2.51. The summed E-state index contributed by atoms with van der Waals surface area (Å²) < 4.78 is 10.5. The summed E-state index contributed by atoms with van der Waals surface area (Å²) in [5.74, 6) is -0.210. The monoisotopic (exact) mass is 201 g/mol. The lowest BCUT2D eigenvalue weighted by atomic mass is 10.1. The van der Waals surface area contributed by atoms with Crippen molar-refractivity contribution >= 4 is 5.97 Å². The van der Waals surface area contributed by atoms with Gasteiger partial charge in [0.25, 0.3) is 0 Å². The van der Waals surface area contributed by atoms with E-state index in [1.165, 1.54) is 0 Å². The average Bonchev–Trinajstić information content (AvgIpc) is 2.19. The van der Waals surface area contributed by atoms with Crippen LogP contribution in [0.15, 0.2) is 0 Å². The Hall–Kier alpha value is -0.610. The second-order valence-corrected chi connectivity index (χ2v) is 3.54. The Labute approximate surface area is 85.0 Å². The third kappa shape index (κ3) is 2.69. The molecule has 0 radical (unpaired) electrons. The van der Waals surface area contributed by atoms with Crippen molar-refractivity contribution in [2.24, 2.45) is 0 Å². The minimum Gasteiger partial charge on any atom is -0.465 e. The summed E-state index contributed by atoms with van der Waals surface area (Å²) in [6.07, 6.45) is 0.861. The molecule has 0 aromatic carbocycles. The molecule has 4 heteroatoms. The van der Waals surface area contributed by atoms with Crippen LogP contribution < -0.4 is 5.32 Å². The first-order valence-electron chi connectivity index (χ1n) is 5.23. The number of esters is 1. The van der Waals surface area contributed by atoms with Crippen molar-refractivity contribution < 1.29 is 14.3 Å². The Bertz CT molecular complexity index is 196. The Kier molecular flexibility index (Phi) is 4.35. The van der Waals surface area contributed by atoms with Gasteiger partial charge in [-0.1, -0.05) is 6.92 Å². The predicted molar refractivity (Wildman–Crippen MR) is 53.0 cm³/mol. The van der Waals surface area contributed by atoms with E-state index in [-0.39, 0.29) is 24.2 Å². The summed E-state index contributed by atoms with van der Waals surface area (Å²) in [6, 6.07) is -0.0470. The van der Waals surface area contributed by atoms with Crippen molar-refractivity contribution in [2.45, 2.75) is 45.4 Å². The molecule has 0 spiro atoms. The van der Waals surface area contributed by atoms with Crippen LogP contribution in [-0.2, 0) is 14.3 Å². The van der Waals surface area contributed by atoms with E-state index >= 15 is 0 Å². The molecule has 0 aromatic heterocycles. The van der Waals surface area contributed by atoms with Crippen LogP contribution in [0.25, 0.3) is 0 Å². The molecule has 14 heavy (non-hydrogen) atoms. The number of morpholine rings is 1. The van der Waals surface area contributed by atoms with Gasteiger partial charge in [-0.05, 0) is 20.3 Å². The molecular formula is C10H19NO3. The zero-order valence-corrected chi connectivity index (χ0v) is 9.08. The quantitative estimate of drug-likeness (QED) is 0.683. The zero-order valence-electron chi connectivity index (χ0n) is 9.08. The fourth-order valence-corrected chi connectivity index (χ4v) is 1.53. The van der Waals surface area contributed by atoms with Crippen LogP contribution in [0.1, 0.15) is 27.2 Å². The first kappa shape index (κ1) is 11.5. The highest BCUT2D eigenvalue weighted by Gasteiger charge is 2.33. The molecule has 1 fully saturated rings. The van der Waals surface area contributed by atoms with Crippen LogP contribution in [0.2, 0.25) is 0 Å². The molecule has 1 aliphatic rings. The lowest BCUT2D eigenvalue weighted by Crippen LogP contribution is -2.57. The summed E-state index contributed by atoms with van der Waals surface area (Å²) in [4.78, 5) is 11.5. The number of hydrogen-bond donors (Lipinski definition) is 1. The molecule has 0 bridgehead atoms. The number of ether oxygens (including phenoxy) is 2. The average molecular weight is 201 g/mol. The van der Waals surface area contributed by atoms with Crippen molar-refractivity contribution in [1.82, 2.24) is 5.32 Å². The normalized spacial score (nSPS) is 32.6. The maximum atomic E-state index is 11.5. The van der Waals surface area contributed by atoms with Gasteiger partial charge in [-0.15, -0.1) is 0 Å². The van der Waals surface area contributed by atoms with Gasteiger partial charge in [0.1, 0.15) is 6.04 Å². The summed E-state index contributed by atoms with van der Waals surface area (Å²) >= 11 is 0. The molecule has 0 saturated carbocycles. The lowest BCUT2D eigenvalue weighted by molar-refractivity contribution is -0.153. The smallest absolute Gasteiger partial charge is 0.325 e. The van der Waals surface area contributed by atoms with Crippen LogP contribution in [0.3, 0.4) is 0 Å². The Morgan fingerprint density at radius 3 is 2.86 bits per heavy atom. The fourth-order valence-electron chi connectivity index (χ4n) is 1.53. The topological polar surface area (TPSA) is 47.6 Å². The Morgan fingerprint density at radius 2 is 2.29 bits per heavy atom. The first-order chi connectivity index (χ1) is 6.69. The molecule has 0 aliphatic carbocycles. The van der Waals surface area contributed by atoms with Gasteiger partial charge in [0.05, 0.1) is 19.3 Å². The molecule has 0 amide bonds. The maximum absolute atomic E-state index is 11.5. The van der Waals surface area contributed by atoms with Crippen LogP contribution in [0.4, 0.5) is 0 Å². The maximum Gasteiger partial charge on any atom is 0.325 e. The van der Waals surface area contributed by atoms with E-state index in [2.05, 4.69) is 12.2 Å². The highest BCUT2D eigenvalue weighted by atomic mass is 16.5. The van der Waals surface area contributed by atoms with Gasteiger partial charge >= 0.3 is 5.97 Å². The fraction of sp³-hybridized carbons (Fsp3) is 0.900. The first-order valence-corrected chi connectivity index (χ1v) is 5.23. The SMILES string of the molecule is CCOC(=O)[C@@H]1N[C@H](CC)CO[C@H]1C.